The van der Waals surface area contributed by atoms with Gasteiger partial charge >= 0.3 is 0 Å². The quantitative estimate of drug-likeness (QED) is 0.345. The average Bonchev–Trinajstić information content (AvgIpc) is 3.26. The molecule has 6 heteroatoms. The zero-order valence-corrected chi connectivity index (χ0v) is 19.9. The maximum atomic E-state index is 13.9. The van der Waals surface area contributed by atoms with E-state index in [2.05, 4.69) is 37.8 Å². The van der Waals surface area contributed by atoms with Gasteiger partial charge in [0.1, 0.15) is 5.75 Å². The molecule has 4 rings (SSSR count). The third-order valence-electron chi connectivity index (χ3n) is 5.92. The molecule has 0 fully saturated rings. The van der Waals surface area contributed by atoms with Gasteiger partial charge in [-0.15, -0.1) is 0 Å². The van der Waals surface area contributed by atoms with Gasteiger partial charge in [0.25, 0.3) is 5.91 Å². The number of aryl methyl sites for hydroxylation is 1. The van der Waals surface area contributed by atoms with Crippen molar-refractivity contribution in [2.24, 2.45) is 0 Å². The molecule has 4 aromatic rings. The summed E-state index contributed by atoms with van der Waals surface area (Å²) < 4.78 is 6.72. The van der Waals surface area contributed by atoms with Crippen LogP contribution in [0.2, 0.25) is 0 Å². The van der Waals surface area contributed by atoms with E-state index in [-0.39, 0.29) is 5.91 Å². The highest BCUT2D eigenvalue weighted by atomic mass is 32.1. The Morgan fingerprint density at radius 3 is 2.38 bits per heavy atom. The number of fused-ring (bicyclic) bond motifs is 2. The fourth-order valence-corrected chi connectivity index (χ4v) is 5.02. The van der Waals surface area contributed by atoms with E-state index in [1.54, 1.807) is 18.4 Å². The Labute approximate surface area is 193 Å². The van der Waals surface area contributed by atoms with Gasteiger partial charge in [0, 0.05) is 13.1 Å². The normalized spacial score (nSPS) is 11.4. The summed E-state index contributed by atoms with van der Waals surface area (Å²) in [4.78, 5) is 22.9. The molecule has 0 aliphatic rings. The molecule has 0 saturated carbocycles. The number of nitrogens with zero attached hydrogens (tertiary/aromatic N) is 3. The van der Waals surface area contributed by atoms with Crippen molar-refractivity contribution in [3.05, 3.63) is 65.7 Å². The van der Waals surface area contributed by atoms with Gasteiger partial charge in [-0.3, -0.25) is 9.69 Å². The van der Waals surface area contributed by atoms with Crippen molar-refractivity contribution in [1.82, 2.24) is 9.88 Å². The fraction of sp³-hybridized carbons (Fsp3) is 0.308. The number of benzene rings is 3. The number of aromatic nitrogens is 1. The predicted octanol–water partition coefficient (Wildman–Crippen LogP) is 5.76. The van der Waals surface area contributed by atoms with Crippen molar-refractivity contribution < 1.29 is 9.53 Å². The molecule has 1 heterocycles. The zero-order chi connectivity index (χ0) is 22.7. The molecule has 0 bridgehead atoms. The molecule has 32 heavy (non-hydrogen) atoms. The topological polar surface area (TPSA) is 45.7 Å². The number of hydrogen-bond donors (Lipinski definition) is 0. The molecule has 0 unspecified atom stereocenters. The molecule has 0 aliphatic heterocycles. The number of hydrogen-bond acceptors (Lipinski definition) is 5. The second kappa shape index (κ2) is 9.67. The van der Waals surface area contributed by atoms with Crippen molar-refractivity contribution in [1.29, 1.82) is 0 Å². The molecule has 0 spiro atoms. The summed E-state index contributed by atoms with van der Waals surface area (Å²) in [5, 5.41) is 2.79. The molecule has 3 aromatic carbocycles. The van der Waals surface area contributed by atoms with Crippen LogP contribution in [0.3, 0.4) is 0 Å². The smallest absolute Gasteiger partial charge is 0.263 e. The summed E-state index contributed by atoms with van der Waals surface area (Å²) in [6, 6.07) is 18.0. The van der Waals surface area contributed by atoms with Gasteiger partial charge in [0.05, 0.1) is 22.9 Å². The Kier molecular flexibility index (Phi) is 6.72. The van der Waals surface area contributed by atoms with Gasteiger partial charge in [0.2, 0.25) is 0 Å². The number of ether oxygens (including phenoxy) is 1. The van der Waals surface area contributed by atoms with Crippen LogP contribution in [0.25, 0.3) is 21.0 Å². The highest BCUT2D eigenvalue weighted by Crippen LogP contribution is 2.33. The van der Waals surface area contributed by atoms with Gasteiger partial charge in [-0.25, -0.2) is 4.98 Å². The summed E-state index contributed by atoms with van der Waals surface area (Å²) in [5.41, 5.74) is 2.63. The SMILES string of the molecule is CCN(CC)CCN(C(=O)c1cc2ccccc2cc1OC)c1nc2c(C)cccc2s1. The fourth-order valence-electron chi connectivity index (χ4n) is 3.96. The average molecular weight is 448 g/mol. The Morgan fingerprint density at radius 1 is 1.00 bits per heavy atom. The number of methoxy groups -OCH3 is 1. The van der Waals surface area contributed by atoms with E-state index >= 15 is 0 Å². The van der Waals surface area contributed by atoms with Crippen molar-refractivity contribution in [3.8, 4) is 5.75 Å². The van der Waals surface area contributed by atoms with Crippen LogP contribution in [-0.4, -0.2) is 49.1 Å². The Hall–Kier alpha value is -2.96. The maximum Gasteiger partial charge on any atom is 0.263 e. The van der Waals surface area contributed by atoms with E-state index in [1.807, 2.05) is 47.4 Å². The lowest BCUT2D eigenvalue weighted by Crippen LogP contribution is -2.39. The highest BCUT2D eigenvalue weighted by Gasteiger charge is 2.25. The van der Waals surface area contributed by atoms with Crippen molar-refractivity contribution in [2.75, 3.05) is 38.2 Å². The largest absolute Gasteiger partial charge is 0.496 e. The summed E-state index contributed by atoms with van der Waals surface area (Å²) in [7, 11) is 1.61. The lowest BCUT2D eigenvalue weighted by Gasteiger charge is -2.25. The van der Waals surface area contributed by atoms with Crippen LogP contribution in [0.5, 0.6) is 5.75 Å². The van der Waals surface area contributed by atoms with E-state index in [4.69, 9.17) is 9.72 Å². The molecule has 166 valence electrons. The number of carbonyl (C=O) groups excluding carboxylic acids is 1. The first-order chi connectivity index (χ1) is 15.5. The molecule has 5 nitrogen and oxygen atoms in total. The first-order valence-corrected chi connectivity index (χ1v) is 11.8. The Bertz CT molecular complexity index is 1250. The number of carbonyl (C=O) groups is 1. The molecule has 0 N–H and O–H groups in total. The van der Waals surface area contributed by atoms with Gasteiger partial charge in [-0.05, 0) is 54.5 Å². The number of thiazole rings is 1. The number of rotatable bonds is 8. The zero-order valence-electron chi connectivity index (χ0n) is 19.1. The minimum absolute atomic E-state index is 0.0866. The molecule has 0 saturated heterocycles. The molecular formula is C26H29N3O2S. The van der Waals surface area contributed by atoms with E-state index in [9.17, 15) is 4.79 Å². The molecule has 0 radical (unpaired) electrons. The van der Waals surface area contributed by atoms with Crippen LogP contribution in [0.15, 0.2) is 54.6 Å². The van der Waals surface area contributed by atoms with Crippen LogP contribution in [0.4, 0.5) is 5.13 Å². The van der Waals surface area contributed by atoms with Crippen molar-refractivity contribution in [3.63, 3.8) is 0 Å². The number of amides is 1. The first-order valence-electron chi connectivity index (χ1n) is 11.0. The summed E-state index contributed by atoms with van der Waals surface area (Å²) >= 11 is 1.56. The van der Waals surface area contributed by atoms with Gasteiger partial charge in [-0.2, -0.15) is 0 Å². The standard InChI is InChI=1S/C26H29N3O2S/c1-5-28(6-2)14-15-29(26-27-24-18(3)10-9-13-23(24)32-26)25(30)21-16-19-11-7-8-12-20(19)17-22(21)31-4/h7-13,16-17H,5-6,14-15H2,1-4H3. The van der Waals surface area contributed by atoms with E-state index < -0.39 is 0 Å². The molecular weight excluding hydrogens is 418 g/mol. The van der Waals surface area contributed by atoms with Crippen molar-refractivity contribution >= 4 is 43.4 Å². The lowest BCUT2D eigenvalue weighted by molar-refractivity contribution is 0.0981. The highest BCUT2D eigenvalue weighted by molar-refractivity contribution is 7.22. The number of anilines is 1. The van der Waals surface area contributed by atoms with E-state index in [1.165, 1.54) is 0 Å². The molecule has 0 aliphatic carbocycles. The molecule has 0 atom stereocenters. The van der Waals surface area contributed by atoms with Crippen LogP contribution in [-0.2, 0) is 0 Å². The summed E-state index contributed by atoms with van der Waals surface area (Å²) in [5.74, 6) is 0.496. The third kappa shape index (κ3) is 4.33. The van der Waals surface area contributed by atoms with Crippen LogP contribution >= 0.6 is 11.3 Å². The summed E-state index contributed by atoms with van der Waals surface area (Å²) in [6.07, 6.45) is 0. The second-order valence-corrected chi connectivity index (χ2v) is 8.81. The minimum Gasteiger partial charge on any atom is -0.496 e. The van der Waals surface area contributed by atoms with Gasteiger partial charge in [-0.1, -0.05) is 61.6 Å². The van der Waals surface area contributed by atoms with Gasteiger partial charge in [0.15, 0.2) is 5.13 Å². The van der Waals surface area contributed by atoms with Crippen molar-refractivity contribution in [2.45, 2.75) is 20.8 Å². The number of likely N-dealkylation sites (N-methyl/N-ethyl adjacent to an activating group) is 1. The van der Waals surface area contributed by atoms with Gasteiger partial charge < -0.3 is 9.64 Å². The molecule has 1 aromatic heterocycles. The monoisotopic (exact) mass is 447 g/mol. The van der Waals surface area contributed by atoms with Crippen LogP contribution < -0.4 is 9.64 Å². The first kappa shape index (κ1) is 22.2. The molecule has 1 amide bonds. The lowest BCUT2D eigenvalue weighted by atomic mass is 10.0. The van der Waals surface area contributed by atoms with Crippen LogP contribution in [0.1, 0.15) is 29.8 Å². The predicted molar refractivity (Wildman–Crippen MR) is 134 cm³/mol. The maximum absolute atomic E-state index is 13.9. The number of para-hydroxylation sites is 1. The minimum atomic E-state index is -0.0866. The Balaban J connectivity index is 1.79. The summed E-state index contributed by atoms with van der Waals surface area (Å²) in [6.45, 7) is 9.57. The van der Waals surface area contributed by atoms with E-state index in [0.29, 0.717) is 17.9 Å². The van der Waals surface area contributed by atoms with E-state index in [0.717, 1.165) is 51.3 Å². The van der Waals surface area contributed by atoms with Crippen LogP contribution in [0, 0.1) is 6.92 Å². The third-order valence-corrected chi connectivity index (χ3v) is 6.96. The Morgan fingerprint density at radius 2 is 1.72 bits per heavy atom. The second-order valence-electron chi connectivity index (χ2n) is 7.80.